The molecule has 1 aromatic heterocycles. The number of likely N-dealkylation sites (tertiary alicyclic amines) is 1. The molecule has 2 aliphatic carbocycles. The summed E-state index contributed by atoms with van der Waals surface area (Å²) in [6, 6.07) is 3.13. The van der Waals surface area contributed by atoms with Gasteiger partial charge in [0.1, 0.15) is 18.1 Å². The summed E-state index contributed by atoms with van der Waals surface area (Å²) in [7, 11) is 1.74. The van der Waals surface area contributed by atoms with Gasteiger partial charge in [0.15, 0.2) is 0 Å². The topological polar surface area (TPSA) is 118 Å². The molecule has 1 saturated heterocycles. The zero-order chi connectivity index (χ0) is 28.2. The minimum absolute atomic E-state index is 0.0777. The molecule has 11 heteroatoms. The van der Waals surface area contributed by atoms with Crippen molar-refractivity contribution < 1.29 is 24.2 Å². The zero-order valence-electron chi connectivity index (χ0n) is 23.1. The Morgan fingerprint density at radius 3 is 2.70 bits per heavy atom. The number of carboxylic acids is 1. The van der Waals surface area contributed by atoms with E-state index in [0.29, 0.717) is 61.8 Å². The molecule has 0 radical (unpaired) electrons. The SMILES string of the molecule is Cn1ncc(COc2ccc(Cl)c3c2C(CN2CC4(CC4)CC2=O)N(C(=O)C2CCCC[C@]2(C)C(=O)O)CC3)n1. The first kappa shape index (κ1) is 27.1. The number of carboxylic acid groups (broad SMARTS) is 1. The van der Waals surface area contributed by atoms with Crippen LogP contribution in [-0.2, 0) is 34.5 Å². The van der Waals surface area contributed by atoms with Gasteiger partial charge in [-0.25, -0.2) is 0 Å². The van der Waals surface area contributed by atoms with Crippen LogP contribution in [-0.4, -0.2) is 67.3 Å². The van der Waals surface area contributed by atoms with E-state index in [-0.39, 0.29) is 23.8 Å². The van der Waals surface area contributed by atoms with Crippen molar-refractivity contribution in [2.75, 3.05) is 19.6 Å². The van der Waals surface area contributed by atoms with Crippen molar-refractivity contribution >= 4 is 29.4 Å². The van der Waals surface area contributed by atoms with Crippen LogP contribution in [0, 0.1) is 16.7 Å². The second kappa shape index (κ2) is 10.0. The molecule has 0 bridgehead atoms. The molecule has 2 saturated carbocycles. The van der Waals surface area contributed by atoms with Crippen molar-refractivity contribution in [2.45, 2.75) is 70.9 Å². The molecule has 2 aromatic rings. The average Bonchev–Trinajstić information content (AvgIpc) is 3.42. The van der Waals surface area contributed by atoms with Crippen molar-refractivity contribution in [1.82, 2.24) is 24.8 Å². The van der Waals surface area contributed by atoms with Crippen molar-refractivity contribution in [3.63, 3.8) is 0 Å². The number of aliphatic carboxylic acids is 1. The smallest absolute Gasteiger partial charge is 0.310 e. The highest BCUT2D eigenvalue weighted by molar-refractivity contribution is 6.31. The van der Waals surface area contributed by atoms with Crippen LogP contribution in [0.3, 0.4) is 0 Å². The molecule has 3 fully saturated rings. The third kappa shape index (κ3) is 4.74. The Balaban J connectivity index is 1.38. The van der Waals surface area contributed by atoms with Gasteiger partial charge in [0, 0.05) is 43.7 Å². The number of halogens is 1. The summed E-state index contributed by atoms with van der Waals surface area (Å²) < 4.78 is 6.28. The molecule has 6 rings (SSSR count). The van der Waals surface area contributed by atoms with E-state index in [1.165, 1.54) is 4.80 Å². The standard InChI is InChI=1S/C29H36ClN5O5/c1-28(27(38)39)9-4-3-5-20(28)26(37)35-12-8-19-21(30)6-7-23(40-16-18-14-31-33(2)32-18)25(19)22(35)15-34-17-29(10-11-29)13-24(34)36/h6-7,14,20,22H,3-5,8-13,15-17H2,1-2H3,(H,38,39)/t20?,22?,28-/m0/s1. The number of benzene rings is 1. The predicted octanol–water partition coefficient (Wildman–Crippen LogP) is 3.77. The number of ether oxygens (including phenoxy) is 1. The molecule has 2 unspecified atom stereocenters. The number of hydrogen-bond donors (Lipinski definition) is 1. The van der Waals surface area contributed by atoms with E-state index in [9.17, 15) is 19.5 Å². The minimum atomic E-state index is -1.12. The fraction of sp³-hybridized carbons (Fsp3) is 0.621. The van der Waals surface area contributed by atoms with Crippen LogP contribution in [0.5, 0.6) is 5.75 Å². The maximum absolute atomic E-state index is 14.3. The van der Waals surface area contributed by atoms with E-state index in [1.54, 1.807) is 20.2 Å². The van der Waals surface area contributed by atoms with Crippen LogP contribution in [0.1, 0.15) is 74.7 Å². The first-order chi connectivity index (χ1) is 19.1. The second-order valence-corrected chi connectivity index (χ2v) is 12.7. The van der Waals surface area contributed by atoms with E-state index >= 15 is 0 Å². The highest BCUT2D eigenvalue weighted by Crippen LogP contribution is 2.54. The van der Waals surface area contributed by atoms with Gasteiger partial charge >= 0.3 is 5.97 Å². The van der Waals surface area contributed by atoms with Crippen LogP contribution < -0.4 is 4.74 Å². The molecular formula is C29H36ClN5O5. The van der Waals surface area contributed by atoms with Gasteiger partial charge in [-0.1, -0.05) is 24.4 Å². The van der Waals surface area contributed by atoms with Crippen molar-refractivity contribution in [1.29, 1.82) is 0 Å². The van der Waals surface area contributed by atoms with Gasteiger partial charge in [-0.05, 0) is 62.1 Å². The first-order valence-electron chi connectivity index (χ1n) is 14.2. The number of carbonyl (C=O) groups is 3. The zero-order valence-corrected chi connectivity index (χ0v) is 23.8. The minimum Gasteiger partial charge on any atom is -0.487 e. The molecule has 40 heavy (non-hydrogen) atoms. The molecule has 2 amide bonds. The highest BCUT2D eigenvalue weighted by atomic mass is 35.5. The Kier molecular flexibility index (Phi) is 6.79. The number of nitrogens with zero attached hydrogens (tertiary/aromatic N) is 5. The number of aryl methyl sites for hydroxylation is 1. The fourth-order valence-corrected chi connectivity index (χ4v) is 7.28. The molecule has 4 aliphatic rings. The predicted molar refractivity (Wildman–Crippen MR) is 146 cm³/mol. The average molecular weight is 570 g/mol. The summed E-state index contributed by atoms with van der Waals surface area (Å²) in [4.78, 5) is 45.0. The van der Waals surface area contributed by atoms with E-state index < -0.39 is 23.3 Å². The van der Waals surface area contributed by atoms with E-state index in [0.717, 1.165) is 36.8 Å². The lowest BCUT2D eigenvalue weighted by Crippen LogP contribution is -2.52. The number of rotatable bonds is 7. The van der Waals surface area contributed by atoms with Gasteiger partial charge in [-0.3, -0.25) is 14.4 Å². The Morgan fingerprint density at radius 2 is 2.02 bits per heavy atom. The molecule has 3 atom stereocenters. The maximum Gasteiger partial charge on any atom is 0.310 e. The van der Waals surface area contributed by atoms with Crippen LogP contribution in [0.15, 0.2) is 18.3 Å². The summed E-state index contributed by atoms with van der Waals surface area (Å²) in [6.45, 7) is 3.32. The summed E-state index contributed by atoms with van der Waals surface area (Å²) >= 11 is 6.72. The summed E-state index contributed by atoms with van der Waals surface area (Å²) in [5, 5.41) is 19.2. The summed E-state index contributed by atoms with van der Waals surface area (Å²) in [5.41, 5.74) is 1.32. The van der Waals surface area contributed by atoms with Crippen molar-refractivity contribution in [2.24, 2.45) is 23.8 Å². The van der Waals surface area contributed by atoms with Gasteiger partial charge in [0.25, 0.3) is 0 Å². The van der Waals surface area contributed by atoms with E-state index in [2.05, 4.69) is 10.2 Å². The lowest BCUT2D eigenvalue weighted by molar-refractivity contribution is -0.162. The Morgan fingerprint density at radius 1 is 1.23 bits per heavy atom. The van der Waals surface area contributed by atoms with Gasteiger partial charge < -0.3 is 19.6 Å². The van der Waals surface area contributed by atoms with Crippen LogP contribution in [0.2, 0.25) is 5.02 Å². The molecule has 1 N–H and O–H groups in total. The number of fused-ring (bicyclic) bond motifs is 1. The van der Waals surface area contributed by atoms with Gasteiger partial charge in [-0.15, -0.1) is 0 Å². The normalized spacial score (nSPS) is 27.1. The third-order valence-electron chi connectivity index (χ3n) is 9.63. The molecule has 1 spiro atoms. The summed E-state index contributed by atoms with van der Waals surface area (Å²) in [6.07, 6.45) is 7.43. The fourth-order valence-electron chi connectivity index (χ4n) is 7.02. The Hall–Kier alpha value is -3.14. The van der Waals surface area contributed by atoms with Crippen LogP contribution in [0.25, 0.3) is 0 Å². The lowest BCUT2D eigenvalue weighted by Gasteiger charge is -2.45. The molecule has 214 valence electrons. The molecule has 10 nitrogen and oxygen atoms in total. The molecular weight excluding hydrogens is 534 g/mol. The van der Waals surface area contributed by atoms with Gasteiger partial charge in [-0.2, -0.15) is 15.0 Å². The Labute approximate surface area is 238 Å². The largest absolute Gasteiger partial charge is 0.487 e. The number of hydrogen-bond acceptors (Lipinski definition) is 6. The van der Waals surface area contributed by atoms with Gasteiger partial charge in [0.2, 0.25) is 11.8 Å². The van der Waals surface area contributed by atoms with E-state index in [4.69, 9.17) is 16.3 Å². The quantitative estimate of drug-likeness (QED) is 0.539. The summed E-state index contributed by atoms with van der Waals surface area (Å²) in [5.74, 6) is -1.03. The lowest BCUT2D eigenvalue weighted by atomic mass is 9.66. The molecule has 3 heterocycles. The number of aromatic nitrogens is 3. The van der Waals surface area contributed by atoms with Crippen molar-refractivity contribution in [3.05, 3.63) is 40.2 Å². The Bertz CT molecular complexity index is 1360. The maximum atomic E-state index is 14.3. The number of carbonyl (C=O) groups excluding carboxylic acids is 2. The first-order valence-corrected chi connectivity index (χ1v) is 14.6. The second-order valence-electron chi connectivity index (χ2n) is 12.3. The number of amides is 2. The molecule has 1 aromatic carbocycles. The monoisotopic (exact) mass is 569 g/mol. The van der Waals surface area contributed by atoms with Crippen LogP contribution >= 0.6 is 11.6 Å². The van der Waals surface area contributed by atoms with Gasteiger partial charge in [0.05, 0.1) is 23.6 Å². The third-order valence-corrected chi connectivity index (χ3v) is 9.98. The highest BCUT2D eigenvalue weighted by Gasteiger charge is 2.53. The molecule has 2 aliphatic heterocycles. The van der Waals surface area contributed by atoms with Crippen molar-refractivity contribution in [3.8, 4) is 5.75 Å². The van der Waals surface area contributed by atoms with Crippen LogP contribution in [0.4, 0.5) is 0 Å². The van der Waals surface area contributed by atoms with E-state index in [1.807, 2.05) is 21.9 Å².